The molecule has 0 atom stereocenters. The summed E-state index contributed by atoms with van der Waals surface area (Å²) in [6.07, 6.45) is 2.07. The van der Waals surface area contributed by atoms with Gasteiger partial charge in [-0.1, -0.05) is 71.8 Å². The van der Waals surface area contributed by atoms with Crippen LogP contribution in [0.4, 0.5) is 0 Å². The van der Waals surface area contributed by atoms with Crippen molar-refractivity contribution in [2.75, 3.05) is 5.88 Å². The number of nitrogens with one attached hydrogen (secondary N) is 1. The van der Waals surface area contributed by atoms with E-state index in [-0.39, 0.29) is 5.91 Å². The lowest BCUT2D eigenvalue weighted by molar-refractivity contribution is -0.120. The Bertz CT molecular complexity index is 1110. The van der Waals surface area contributed by atoms with Gasteiger partial charge in [-0.05, 0) is 37.8 Å². The fourth-order valence-corrected chi connectivity index (χ4v) is 4.26. The summed E-state index contributed by atoms with van der Waals surface area (Å²) in [5, 5.41) is 3.41. The van der Waals surface area contributed by atoms with E-state index in [1.807, 2.05) is 74.5 Å². The number of benzene rings is 2. The van der Waals surface area contributed by atoms with Crippen molar-refractivity contribution in [3.05, 3.63) is 94.4 Å². The molecule has 31 heavy (non-hydrogen) atoms. The number of hydrogen-bond donors (Lipinski definition) is 1. The summed E-state index contributed by atoms with van der Waals surface area (Å²) in [4.78, 5) is 21.7. The minimum atomic E-state index is -0.0270. The maximum Gasteiger partial charge on any atom is 0.225 e. The lowest BCUT2D eigenvalue weighted by Gasteiger charge is -2.13. The molecule has 0 radical (unpaired) electrons. The van der Waals surface area contributed by atoms with Gasteiger partial charge in [0.25, 0.3) is 0 Å². The number of nitrogens with zero attached hydrogens (tertiary/aromatic N) is 2. The third-order valence-electron chi connectivity index (χ3n) is 4.68. The number of carbonyl (C=O) groups is 1. The van der Waals surface area contributed by atoms with Crippen molar-refractivity contribution >= 4 is 40.9 Å². The molecular formula is C25H24ClN3OS. The standard InChI is InChI=1S/C25H24ClN3OS/c1-17-8-7-9-19(12-17)13-23(30)29-16-31-24(18(2)27-3)21-14-22(25(26)28-15-21)20-10-5-4-6-11-20/h4-12,14-15H,3,13,16H2,1-2H3,(H,29,30)/b24-18-. The number of allylic oxidation sites excluding steroid dienone is 1. The molecule has 1 aromatic heterocycles. The number of rotatable bonds is 8. The van der Waals surface area contributed by atoms with Crippen LogP contribution in [0.25, 0.3) is 16.0 Å². The number of aliphatic imine (C=N–C) groups is 1. The Balaban J connectivity index is 1.73. The zero-order valence-corrected chi connectivity index (χ0v) is 19.1. The van der Waals surface area contributed by atoms with Gasteiger partial charge in [-0.25, -0.2) is 4.98 Å². The van der Waals surface area contributed by atoms with Crippen molar-refractivity contribution in [2.24, 2.45) is 4.99 Å². The van der Waals surface area contributed by atoms with Crippen LogP contribution in [0.2, 0.25) is 5.15 Å². The van der Waals surface area contributed by atoms with E-state index < -0.39 is 0 Å². The van der Waals surface area contributed by atoms with Gasteiger partial charge in [0, 0.05) is 22.2 Å². The Morgan fingerprint density at radius 2 is 1.94 bits per heavy atom. The number of thioether (sulfide) groups is 1. The molecule has 0 saturated carbocycles. The smallest absolute Gasteiger partial charge is 0.225 e. The Hall–Kier alpha value is -2.89. The van der Waals surface area contributed by atoms with E-state index in [0.29, 0.717) is 17.5 Å². The SMILES string of the molecule is C=N/C(C)=C(\SCNC(=O)Cc1cccc(C)c1)c1cnc(Cl)c(-c2ccccc2)c1. The molecule has 0 aliphatic rings. The van der Waals surface area contributed by atoms with Gasteiger partial charge in [-0.2, -0.15) is 0 Å². The van der Waals surface area contributed by atoms with Crippen LogP contribution in [-0.4, -0.2) is 23.5 Å². The first-order valence-electron chi connectivity index (χ1n) is 9.82. The van der Waals surface area contributed by atoms with Crippen LogP contribution in [0.1, 0.15) is 23.6 Å². The van der Waals surface area contributed by atoms with Crippen LogP contribution in [0.3, 0.4) is 0 Å². The number of aryl methyl sites for hydroxylation is 1. The summed E-state index contributed by atoms with van der Waals surface area (Å²) < 4.78 is 0. The Morgan fingerprint density at radius 3 is 2.65 bits per heavy atom. The molecule has 0 bridgehead atoms. The van der Waals surface area contributed by atoms with Crippen LogP contribution in [0.15, 0.2) is 77.5 Å². The number of amides is 1. The van der Waals surface area contributed by atoms with Gasteiger partial charge in [-0.15, -0.1) is 11.8 Å². The first-order valence-corrected chi connectivity index (χ1v) is 11.2. The quantitative estimate of drug-likeness (QED) is 0.255. The van der Waals surface area contributed by atoms with Crippen molar-refractivity contribution in [1.82, 2.24) is 10.3 Å². The predicted octanol–water partition coefficient (Wildman–Crippen LogP) is 6.15. The van der Waals surface area contributed by atoms with E-state index in [1.165, 1.54) is 11.8 Å². The van der Waals surface area contributed by atoms with Crippen molar-refractivity contribution in [1.29, 1.82) is 0 Å². The maximum atomic E-state index is 12.4. The number of carbonyl (C=O) groups excluding carboxylic acids is 1. The molecule has 1 heterocycles. The topological polar surface area (TPSA) is 54.4 Å². The Kier molecular flexibility index (Phi) is 8.04. The van der Waals surface area contributed by atoms with Crippen molar-refractivity contribution in [3.63, 3.8) is 0 Å². The largest absolute Gasteiger partial charge is 0.346 e. The monoisotopic (exact) mass is 449 g/mol. The molecule has 1 N–H and O–H groups in total. The first-order chi connectivity index (χ1) is 15.0. The van der Waals surface area contributed by atoms with Crippen molar-refractivity contribution in [3.8, 4) is 11.1 Å². The van der Waals surface area contributed by atoms with Gasteiger partial charge in [0.05, 0.1) is 18.0 Å². The second-order valence-electron chi connectivity index (χ2n) is 7.06. The van der Waals surface area contributed by atoms with Crippen molar-refractivity contribution in [2.45, 2.75) is 20.3 Å². The number of hydrogen-bond acceptors (Lipinski definition) is 4. The van der Waals surface area contributed by atoms with Crippen LogP contribution in [0.5, 0.6) is 0 Å². The molecule has 0 spiro atoms. The van der Waals surface area contributed by atoms with E-state index in [1.54, 1.807) is 6.20 Å². The number of aromatic nitrogens is 1. The van der Waals surface area contributed by atoms with Crippen LogP contribution in [-0.2, 0) is 11.2 Å². The number of pyridine rings is 1. The van der Waals surface area contributed by atoms with E-state index in [0.717, 1.165) is 38.4 Å². The number of halogens is 1. The third-order valence-corrected chi connectivity index (χ3v) is 6.09. The summed E-state index contributed by atoms with van der Waals surface area (Å²) in [5.41, 5.74) is 5.62. The highest BCUT2D eigenvalue weighted by Crippen LogP contribution is 2.35. The lowest BCUT2D eigenvalue weighted by Crippen LogP contribution is -2.24. The summed E-state index contributed by atoms with van der Waals surface area (Å²) in [7, 11) is 0. The fourth-order valence-electron chi connectivity index (χ4n) is 3.12. The molecule has 1 amide bonds. The molecule has 0 fully saturated rings. The summed E-state index contributed by atoms with van der Waals surface area (Å²) >= 11 is 7.85. The molecule has 158 valence electrons. The highest BCUT2D eigenvalue weighted by Gasteiger charge is 2.13. The zero-order chi connectivity index (χ0) is 22.2. The van der Waals surface area contributed by atoms with E-state index >= 15 is 0 Å². The summed E-state index contributed by atoms with van der Waals surface area (Å²) in [5.74, 6) is 0.386. The second kappa shape index (κ2) is 10.9. The normalized spacial score (nSPS) is 11.6. The van der Waals surface area contributed by atoms with Crippen molar-refractivity contribution < 1.29 is 4.79 Å². The van der Waals surface area contributed by atoms with Gasteiger partial charge in [-0.3, -0.25) is 9.79 Å². The van der Waals surface area contributed by atoms with Gasteiger partial charge >= 0.3 is 0 Å². The van der Waals surface area contributed by atoms with Crippen LogP contribution >= 0.6 is 23.4 Å². The van der Waals surface area contributed by atoms with E-state index in [9.17, 15) is 4.79 Å². The molecule has 0 aliphatic heterocycles. The molecule has 4 nitrogen and oxygen atoms in total. The molecule has 0 saturated heterocycles. The average molecular weight is 450 g/mol. The molecule has 6 heteroatoms. The molecule has 3 rings (SSSR count). The van der Waals surface area contributed by atoms with Gasteiger partial charge in [0.2, 0.25) is 5.91 Å². The molecule has 0 unspecified atom stereocenters. The average Bonchev–Trinajstić information content (AvgIpc) is 2.77. The van der Waals surface area contributed by atoms with Gasteiger partial charge in [0.1, 0.15) is 5.15 Å². The Morgan fingerprint density at radius 1 is 1.16 bits per heavy atom. The van der Waals surface area contributed by atoms with Gasteiger partial charge < -0.3 is 5.32 Å². The van der Waals surface area contributed by atoms with E-state index in [4.69, 9.17) is 11.6 Å². The molecule has 0 aliphatic carbocycles. The maximum absolute atomic E-state index is 12.4. The highest BCUT2D eigenvalue weighted by atomic mass is 35.5. The molecule has 3 aromatic rings. The Labute approximate surface area is 192 Å². The van der Waals surface area contributed by atoms with Crippen LogP contribution < -0.4 is 5.32 Å². The first kappa shape index (κ1) is 22.8. The van der Waals surface area contributed by atoms with Crippen LogP contribution in [0, 0.1) is 6.92 Å². The van der Waals surface area contributed by atoms with Gasteiger partial charge in [0.15, 0.2) is 0 Å². The minimum absolute atomic E-state index is 0.0270. The van der Waals surface area contributed by atoms with E-state index in [2.05, 4.69) is 22.0 Å². The molecule has 2 aromatic carbocycles. The predicted molar refractivity (Wildman–Crippen MR) is 132 cm³/mol. The lowest BCUT2D eigenvalue weighted by atomic mass is 10.1. The summed E-state index contributed by atoms with van der Waals surface area (Å²) in [6, 6.07) is 19.8. The highest BCUT2D eigenvalue weighted by molar-refractivity contribution is 8.08. The second-order valence-corrected chi connectivity index (χ2v) is 8.40. The zero-order valence-electron chi connectivity index (χ0n) is 17.6. The minimum Gasteiger partial charge on any atom is -0.346 e. The fraction of sp³-hybridized carbons (Fsp3) is 0.160. The summed E-state index contributed by atoms with van der Waals surface area (Å²) in [6.45, 7) is 7.56. The molecular weight excluding hydrogens is 426 g/mol. The third kappa shape index (κ3) is 6.29.